The van der Waals surface area contributed by atoms with E-state index in [0.717, 1.165) is 29.5 Å². The van der Waals surface area contributed by atoms with Gasteiger partial charge in [0, 0.05) is 32.6 Å². The van der Waals surface area contributed by atoms with E-state index in [2.05, 4.69) is 13.5 Å². The van der Waals surface area contributed by atoms with E-state index in [1.165, 1.54) is 12.1 Å². The lowest BCUT2D eigenvalue weighted by atomic mass is 9.98. The first kappa shape index (κ1) is 27.9. The molecule has 0 unspecified atom stereocenters. The second-order valence-corrected chi connectivity index (χ2v) is 11.0. The Morgan fingerprint density at radius 2 is 1.83 bits per heavy atom. The molecule has 0 bridgehead atoms. The first-order valence-corrected chi connectivity index (χ1v) is 13.1. The second-order valence-electron chi connectivity index (χ2n) is 9.95. The fourth-order valence-corrected chi connectivity index (χ4v) is 4.71. The summed E-state index contributed by atoms with van der Waals surface area (Å²) in [5.41, 5.74) is 0.674. The van der Waals surface area contributed by atoms with Gasteiger partial charge in [0.25, 0.3) is 0 Å². The molecule has 7 heteroatoms. The SMILES string of the molecule is C=C(C)C(=O)OCC(C)(C)CSc1ccc2cc(-c3ccc(CCCCC)cc3C(F)(F)F)oc2c1. The maximum Gasteiger partial charge on any atom is 0.417 e. The largest absolute Gasteiger partial charge is 0.462 e. The van der Waals surface area contributed by atoms with Gasteiger partial charge in [0.2, 0.25) is 0 Å². The summed E-state index contributed by atoms with van der Waals surface area (Å²) in [6.07, 6.45) is -0.978. The lowest BCUT2D eigenvalue weighted by Gasteiger charge is -2.23. The van der Waals surface area contributed by atoms with Crippen LogP contribution in [0.2, 0.25) is 0 Å². The predicted molar refractivity (Wildman–Crippen MR) is 140 cm³/mol. The van der Waals surface area contributed by atoms with Crippen LogP contribution >= 0.6 is 11.8 Å². The van der Waals surface area contributed by atoms with Crippen molar-refractivity contribution >= 4 is 28.7 Å². The van der Waals surface area contributed by atoms with Gasteiger partial charge in [-0.15, -0.1) is 11.8 Å². The van der Waals surface area contributed by atoms with Crippen molar-refractivity contribution in [1.29, 1.82) is 0 Å². The van der Waals surface area contributed by atoms with Crippen molar-refractivity contribution in [2.45, 2.75) is 64.5 Å². The van der Waals surface area contributed by atoms with Gasteiger partial charge in [-0.1, -0.05) is 52.3 Å². The molecule has 36 heavy (non-hydrogen) atoms. The Bertz CT molecular complexity index is 1220. The first-order valence-electron chi connectivity index (χ1n) is 12.1. The minimum Gasteiger partial charge on any atom is -0.462 e. The van der Waals surface area contributed by atoms with Crippen LogP contribution < -0.4 is 0 Å². The summed E-state index contributed by atoms with van der Waals surface area (Å²) >= 11 is 1.57. The van der Waals surface area contributed by atoms with Crippen molar-refractivity contribution < 1.29 is 27.1 Å². The molecule has 0 aliphatic rings. The average Bonchev–Trinajstić information content (AvgIpc) is 3.24. The number of carbonyl (C=O) groups excluding carboxylic acids is 1. The number of rotatable bonds is 11. The fourth-order valence-electron chi connectivity index (χ4n) is 3.71. The zero-order valence-corrected chi connectivity index (χ0v) is 22.1. The lowest BCUT2D eigenvalue weighted by Crippen LogP contribution is -2.24. The number of furan rings is 1. The molecule has 3 rings (SSSR count). The Balaban J connectivity index is 1.79. The van der Waals surface area contributed by atoms with Crippen molar-refractivity contribution in [3.05, 3.63) is 65.7 Å². The number of thioether (sulfide) groups is 1. The molecule has 3 nitrogen and oxygen atoms in total. The van der Waals surface area contributed by atoms with Gasteiger partial charge in [0.1, 0.15) is 11.3 Å². The molecule has 0 aliphatic heterocycles. The van der Waals surface area contributed by atoms with Crippen LogP contribution in [0.5, 0.6) is 0 Å². The molecule has 0 saturated heterocycles. The molecule has 0 N–H and O–H groups in total. The monoisotopic (exact) mass is 518 g/mol. The van der Waals surface area contributed by atoms with Crippen molar-refractivity contribution in [1.82, 2.24) is 0 Å². The predicted octanol–water partition coefficient (Wildman–Crippen LogP) is 9.09. The van der Waals surface area contributed by atoms with Crippen LogP contribution in [0.15, 0.2) is 63.9 Å². The Morgan fingerprint density at radius 1 is 1.08 bits per heavy atom. The first-order chi connectivity index (χ1) is 16.9. The van der Waals surface area contributed by atoms with Gasteiger partial charge in [-0.05, 0) is 55.7 Å². The number of fused-ring (bicyclic) bond motifs is 1. The zero-order chi connectivity index (χ0) is 26.5. The normalized spacial score (nSPS) is 12.2. The summed E-state index contributed by atoms with van der Waals surface area (Å²) in [6, 6.07) is 11.8. The average molecular weight is 519 g/mol. The number of ether oxygens (including phenoxy) is 1. The highest BCUT2D eigenvalue weighted by molar-refractivity contribution is 7.99. The van der Waals surface area contributed by atoms with Crippen LogP contribution in [0.4, 0.5) is 13.2 Å². The number of alkyl halides is 3. The van der Waals surface area contributed by atoms with E-state index in [9.17, 15) is 18.0 Å². The van der Waals surface area contributed by atoms with E-state index in [-0.39, 0.29) is 23.3 Å². The van der Waals surface area contributed by atoms with Gasteiger partial charge in [-0.2, -0.15) is 13.2 Å². The van der Waals surface area contributed by atoms with Crippen molar-refractivity contribution in [3.63, 3.8) is 0 Å². The third-order valence-corrected chi connectivity index (χ3v) is 7.30. The number of halogens is 3. The van der Waals surface area contributed by atoms with Crippen LogP contribution in [0.25, 0.3) is 22.3 Å². The standard InChI is InChI=1S/C29H33F3O3S/c1-6-7-8-9-20-10-13-23(24(14-20)29(30,31)32)26-15-21-11-12-22(16-25(21)35-26)36-18-28(4,5)17-34-27(33)19(2)3/h10-16H,2,6-9,17-18H2,1,3-5H3. The maximum absolute atomic E-state index is 13.9. The number of aryl methyl sites for hydroxylation is 1. The number of unbranched alkanes of at least 4 members (excludes halogenated alkanes) is 2. The number of hydrogen-bond acceptors (Lipinski definition) is 4. The summed E-state index contributed by atoms with van der Waals surface area (Å²) in [6.45, 7) is 11.5. The van der Waals surface area contributed by atoms with E-state index in [4.69, 9.17) is 9.15 Å². The highest BCUT2D eigenvalue weighted by Gasteiger charge is 2.35. The molecule has 0 radical (unpaired) electrons. The van der Waals surface area contributed by atoms with E-state index >= 15 is 0 Å². The third-order valence-electron chi connectivity index (χ3n) is 5.79. The highest BCUT2D eigenvalue weighted by Crippen LogP contribution is 2.40. The molecule has 0 fully saturated rings. The van der Waals surface area contributed by atoms with E-state index < -0.39 is 17.7 Å². The highest BCUT2D eigenvalue weighted by atomic mass is 32.2. The quantitative estimate of drug-likeness (QED) is 0.110. The Labute approximate surface area is 215 Å². The summed E-state index contributed by atoms with van der Waals surface area (Å²) in [5, 5.41) is 0.740. The fraction of sp³-hybridized carbons (Fsp3) is 0.414. The molecule has 3 aromatic rings. The van der Waals surface area contributed by atoms with Crippen LogP contribution in [0.3, 0.4) is 0 Å². The maximum atomic E-state index is 13.9. The van der Waals surface area contributed by atoms with Crippen molar-refractivity contribution in [2.24, 2.45) is 5.41 Å². The van der Waals surface area contributed by atoms with E-state index in [1.54, 1.807) is 30.8 Å². The van der Waals surface area contributed by atoms with Crippen molar-refractivity contribution in [3.8, 4) is 11.3 Å². The molecular weight excluding hydrogens is 485 g/mol. The number of benzene rings is 2. The Morgan fingerprint density at radius 3 is 2.50 bits per heavy atom. The molecule has 0 saturated carbocycles. The minimum absolute atomic E-state index is 0.0487. The van der Waals surface area contributed by atoms with E-state index in [1.807, 2.05) is 32.0 Å². The summed E-state index contributed by atoms with van der Waals surface area (Å²) in [5.74, 6) is 0.462. The minimum atomic E-state index is -4.48. The Kier molecular flexibility index (Phi) is 8.98. The second kappa shape index (κ2) is 11.6. The van der Waals surface area contributed by atoms with Gasteiger partial charge in [0.15, 0.2) is 0 Å². The van der Waals surface area contributed by atoms with Crippen LogP contribution in [-0.4, -0.2) is 18.3 Å². The summed E-state index contributed by atoms with van der Waals surface area (Å²) in [4.78, 5) is 12.6. The van der Waals surface area contributed by atoms with Crippen LogP contribution in [0, 0.1) is 5.41 Å². The third kappa shape index (κ3) is 7.42. The van der Waals surface area contributed by atoms with Gasteiger partial charge < -0.3 is 9.15 Å². The molecule has 194 valence electrons. The summed E-state index contributed by atoms with van der Waals surface area (Å²) in [7, 11) is 0. The molecular formula is C29H33F3O3S. The lowest BCUT2D eigenvalue weighted by molar-refractivity contribution is -0.141. The molecule has 1 aromatic heterocycles. The number of carbonyl (C=O) groups is 1. The van der Waals surface area contributed by atoms with Gasteiger partial charge >= 0.3 is 12.1 Å². The Hall–Kier alpha value is -2.67. The summed E-state index contributed by atoms with van der Waals surface area (Å²) < 4.78 is 52.9. The van der Waals surface area contributed by atoms with Crippen LogP contribution in [0.1, 0.15) is 58.1 Å². The van der Waals surface area contributed by atoms with Gasteiger partial charge in [0.05, 0.1) is 12.2 Å². The molecule has 2 aromatic carbocycles. The molecule has 1 heterocycles. The molecule has 0 aliphatic carbocycles. The van der Waals surface area contributed by atoms with Gasteiger partial charge in [-0.25, -0.2) is 4.79 Å². The number of hydrogen-bond donors (Lipinski definition) is 0. The molecule has 0 atom stereocenters. The van der Waals surface area contributed by atoms with E-state index in [0.29, 0.717) is 28.9 Å². The zero-order valence-electron chi connectivity index (χ0n) is 21.3. The topological polar surface area (TPSA) is 39.4 Å². The smallest absolute Gasteiger partial charge is 0.417 e. The molecule has 0 spiro atoms. The van der Waals surface area contributed by atoms with Crippen molar-refractivity contribution in [2.75, 3.05) is 12.4 Å². The molecule has 0 amide bonds. The van der Waals surface area contributed by atoms with Crippen LogP contribution in [-0.2, 0) is 22.1 Å². The van der Waals surface area contributed by atoms with Gasteiger partial charge in [-0.3, -0.25) is 0 Å². The number of esters is 1.